The standard InChI is InChI=1S/C19H17N3O3S3/c23-17-16-14-3-1-2-4-15(14)28-18(16)21-12(10-27-19(21)20-17)9-26-13-7-5-11(6-8-13)22(24)25/h5-8,12H,1-4,9-10H2. The van der Waals surface area contributed by atoms with E-state index >= 15 is 0 Å². The Bertz CT molecular complexity index is 1140. The number of rotatable bonds is 4. The minimum Gasteiger partial charge on any atom is -0.307 e. The molecule has 1 aromatic carbocycles. The topological polar surface area (TPSA) is 78.0 Å². The number of thiophene rings is 1. The van der Waals surface area contributed by atoms with Gasteiger partial charge in [0.05, 0.1) is 16.4 Å². The summed E-state index contributed by atoms with van der Waals surface area (Å²) in [5.41, 5.74) is 1.27. The summed E-state index contributed by atoms with van der Waals surface area (Å²) in [6.45, 7) is 0. The number of hydrogen-bond donors (Lipinski definition) is 0. The molecule has 1 aliphatic carbocycles. The fourth-order valence-electron chi connectivity index (χ4n) is 3.87. The lowest BCUT2D eigenvalue weighted by Gasteiger charge is -2.15. The van der Waals surface area contributed by atoms with Crippen LogP contribution in [-0.2, 0) is 12.8 Å². The summed E-state index contributed by atoms with van der Waals surface area (Å²) < 4.78 is 2.27. The van der Waals surface area contributed by atoms with Gasteiger partial charge in [-0.05, 0) is 43.4 Å². The van der Waals surface area contributed by atoms with Crippen LogP contribution in [0, 0.1) is 10.1 Å². The number of nitro benzene ring substituents is 1. The molecule has 28 heavy (non-hydrogen) atoms. The largest absolute Gasteiger partial charge is 0.307 e. The van der Waals surface area contributed by atoms with Crippen molar-refractivity contribution in [2.75, 3.05) is 11.5 Å². The van der Waals surface area contributed by atoms with Gasteiger partial charge in [0.2, 0.25) is 0 Å². The SMILES string of the molecule is O=c1nc2n(c3sc4c(c13)CCCC4)C(CSc1ccc([N+](=O)[O-])cc1)CS2. The van der Waals surface area contributed by atoms with Gasteiger partial charge < -0.3 is 4.57 Å². The number of nitrogens with zero attached hydrogens (tertiary/aromatic N) is 3. The number of hydrogen-bond acceptors (Lipinski definition) is 7. The van der Waals surface area contributed by atoms with E-state index in [4.69, 9.17) is 0 Å². The second kappa shape index (κ2) is 7.20. The second-order valence-electron chi connectivity index (χ2n) is 6.99. The quantitative estimate of drug-likeness (QED) is 0.258. The van der Waals surface area contributed by atoms with Crippen LogP contribution in [0.5, 0.6) is 0 Å². The van der Waals surface area contributed by atoms with E-state index in [2.05, 4.69) is 9.55 Å². The number of fused-ring (bicyclic) bond motifs is 5. The van der Waals surface area contributed by atoms with E-state index in [9.17, 15) is 14.9 Å². The third-order valence-electron chi connectivity index (χ3n) is 5.25. The molecule has 144 valence electrons. The number of aromatic nitrogens is 2. The maximum atomic E-state index is 12.7. The van der Waals surface area contributed by atoms with Gasteiger partial charge in [-0.3, -0.25) is 14.9 Å². The van der Waals surface area contributed by atoms with E-state index < -0.39 is 0 Å². The summed E-state index contributed by atoms with van der Waals surface area (Å²) in [6, 6.07) is 6.95. The van der Waals surface area contributed by atoms with Crippen LogP contribution in [0.1, 0.15) is 29.3 Å². The van der Waals surface area contributed by atoms with Gasteiger partial charge in [-0.25, -0.2) is 0 Å². The Morgan fingerprint density at radius 2 is 2.04 bits per heavy atom. The number of benzene rings is 1. The first-order valence-corrected chi connectivity index (χ1v) is 12.0. The van der Waals surface area contributed by atoms with E-state index in [0.29, 0.717) is 0 Å². The van der Waals surface area contributed by atoms with E-state index in [1.165, 1.54) is 16.9 Å². The lowest BCUT2D eigenvalue weighted by Crippen LogP contribution is -2.17. The highest BCUT2D eigenvalue weighted by molar-refractivity contribution is 8.00. The molecule has 3 aromatic rings. The van der Waals surface area contributed by atoms with E-state index in [1.54, 1.807) is 59.1 Å². The predicted octanol–water partition coefficient (Wildman–Crippen LogP) is 4.68. The van der Waals surface area contributed by atoms with Gasteiger partial charge >= 0.3 is 0 Å². The fourth-order valence-corrected chi connectivity index (χ4v) is 7.65. The lowest BCUT2D eigenvalue weighted by molar-refractivity contribution is -0.384. The average Bonchev–Trinajstić information content (AvgIpc) is 3.28. The zero-order valence-electron chi connectivity index (χ0n) is 14.9. The van der Waals surface area contributed by atoms with Gasteiger partial charge in [0.15, 0.2) is 5.16 Å². The highest BCUT2D eigenvalue weighted by Crippen LogP contribution is 2.42. The van der Waals surface area contributed by atoms with Crippen molar-refractivity contribution in [3.63, 3.8) is 0 Å². The molecule has 2 aromatic heterocycles. The summed E-state index contributed by atoms with van der Waals surface area (Å²) in [5, 5.41) is 12.5. The molecule has 3 heterocycles. The molecule has 1 unspecified atom stereocenters. The molecule has 1 atom stereocenters. The van der Waals surface area contributed by atoms with Crippen molar-refractivity contribution in [3.05, 3.63) is 55.2 Å². The third kappa shape index (κ3) is 3.05. The maximum absolute atomic E-state index is 12.7. The van der Waals surface area contributed by atoms with E-state index in [1.807, 2.05) is 0 Å². The molecule has 5 rings (SSSR count). The van der Waals surface area contributed by atoms with Crippen molar-refractivity contribution in [1.82, 2.24) is 9.55 Å². The minimum absolute atomic E-state index is 0.0724. The van der Waals surface area contributed by atoms with Gasteiger partial charge in [-0.15, -0.1) is 23.1 Å². The Labute approximate surface area is 173 Å². The van der Waals surface area contributed by atoms with Gasteiger partial charge in [-0.1, -0.05) is 11.8 Å². The van der Waals surface area contributed by atoms with E-state index in [0.717, 1.165) is 51.0 Å². The molecule has 0 saturated heterocycles. The van der Waals surface area contributed by atoms with Gasteiger partial charge in [0.1, 0.15) is 4.83 Å². The Morgan fingerprint density at radius 3 is 2.82 bits per heavy atom. The Balaban J connectivity index is 1.46. The highest BCUT2D eigenvalue weighted by Gasteiger charge is 2.29. The molecule has 0 N–H and O–H groups in total. The number of thioether (sulfide) groups is 2. The van der Waals surface area contributed by atoms with Crippen LogP contribution in [0.25, 0.3) is 10.2 Å². The van der Waals surface area contributed by atoms with Crippen LogP contribution >= 0.6 is 34.9 Å². The molecule has 1 aliphatic heterocycles. The van der Waals surface area contributed by atoms with Gasteiger partial charge in [-0.2, -0.15) is 4.98 Å². The minimum atomic E-state index is -0.379. The first kappa shape index (κ1) is 18.2. The molecule has 0 bridgehead atoms. The Hall–Kier alpha value is -1.84. The Kier molecular flexibility index (Phi) is 4.68. The first-order chi connectivity index (χ1) is 13.6. The molecule has 0 spiro atoms. The zero-order chi connectivity index (χ0) is 19.3. The summed E-state index contributed by atoms with van der Waals surface area (Å²) >= 11 is 5.11. The molecule has 0 radical (unpaired) electrons. The second-order valence-corrected chi connectivity index (χ2v) is 10.2. The smallest absolute Gasteiger partial charge is 0.282 e. The van der Waals surface area contributed by atoms with Crippen molar-refractivity contribution < 1.29 is 4.92 Å². The molecular formula is C19H17N3O3S3. The Morgan fingerprint density at radius 1 is 1.25 bits per heavy atom. The van der Waals surface area contributed by atoms with Crippen molar-refractivity contribution in [2.24, 2.45) is 0 Å². The molecule has 9 heteroatoms. The summed E-state index contributed by atoms with van der Waals surface area (Å²) in [5.74, 6) is 1.74. The number of nitro groups is 1. The van der Waals surface area contributed by atoms with Crippen molar-refractivity contribution >= 4 is 50.8 Å². The lowest BCUT2D eigenvalue weighted by atomic mass is 9.97. The van der Waals surface area contributed by atoms with Crippen LogP contribution in [-0.4, -0.2) is 26.0 Å². The van der Waals surface area contributed by atoms with Crippen LogP contribution < -0.4 is 5.56 Å². The number of non-ortho nitro benzene ring substituents is 1. The average molecular weight is 432 g/mol. The normalized spacial score (nSPS) is 18.2. The molecule has 0 amide bonds. The van der Waals surface area contributed by atoms with Gasteiger partial charge in [0, 0.05) is 33.4 Å². The third-order valence-corrected chi connectivity index (χ3v) is 8.79. The van der Waals surface area contributed by atoms with Crippen molar-refractivity contribution in [1.29, 1.82) is 0 Å². The summed E-state index contributed by atoms with van der Waals surface area (Å²) in [7, 11) is 0. The van der Waals surface area contributed by atoms with Crippen molar-refractivity contribution in [2.45, 2.75) is 41.8 Å². The maximum Gasteiger partial charge on any atom is 0.282 e. The van der Waals surface area contributed by atoms with Crippen LogP contribution in [0.3, 0.4) is 0 Å². The summed E-state index contributed by atoms with van der Waals surface area (Å²) in [6.07, 6.45) is 4.40. The van der Waals surface area contributed by atoms with Gasteiger partial charge in [0.25, 0.3) is 11.2 Å². The molecular weight excluding hydrogens is 414 g/mol. The zero-order valence-corrected chi connectivity index (χ0v) is 17.4. The predicted molar refractivity (Wildman–Crippen MR) is 114 cm³/mol. The van der Waals surface area contributed by atoms with E-state index in [-0.39, 0.29) is 22.2 Å². The fraction of sp³-hybridized carbons (Fsp3) is 0.368. The molecule has 0 fully saturated rings. The highest BCUT2D eigenvalue weighted by atomic mass is 32.2. The van der Waals surface area contributed by atoms with Crippen LogP contribution in [0.4, 0.5) is 5.69 Å². The summed E-state index contributed by atoms with van der Waals surface area (Å²) in [4.78, 5) is 30.9. The number of aryl methyl sites for hydroxylation is 2. The molecule has 2 aliphatic rings. The molecule has 6 nitrogen and oxygen atoms in total. The first-order valence-electron chi connectivity index (χ1n) is 9.18. The van der Waals surface area contributed by atoms with Crippen LogP contribution in [0.2, 0.25) is 0 Å². The van der Waals surface area contributed by atoms with Crippen molar-refractivity contribution in [3.8, 4) is 0 Å². The molecule has 0 saturated carbocycles. The van der Waals surface area contributed by atoms with Crippen LogP contribution in [0.15, 0.2) is 39.1 Å². The monoisotopic (exact) mass is 431 g/mol.